The Labute approximate surface area is 113 Å². The summed E-state index contributed by atoms with van der Waals surface area (Å²) in [6, 6.07) is 0. The van der Waals surface area contributed by atoms with Crippen LogP contribution in [0.2, 0.25) is 0 Å². The number of sulfonamides is 1. The molecule has 7 nitrogen and oxygen atoms in total. The summed E-state index contributed by atoms with van der Waals surface area (Å²) < 4.78 is 27.8. The molecule has 19 heavy (non-hydrogen) atoms. The summed E-state index contributed by atoms with van der Waals surface area (Å²) in [5.41, 5.74) is 4.89. The Kier molecular flexibility index (Phi) is 3.59. The first kappa shape index (κ1) is 14.3. The predicted molar refractivity (Wildman–Crippen MR) is 70.9 cm³/mol. The highest BCUT2D eigenvalue weighted by atomic mass is 32.2. The summed E-state index contributed by atoms with van der Waals surface area (Å²) in [6.45, 7) is 4.74. The van der Waals surface area contributed by atoms with Crippen molar-refractivity contribution in [1.82, 2.24) is 14.1 Å². The van der Waals surface area contributed by atoms with Crippen molar-refractivity contribution in [3.8, 4) is 0 Å². The second-order valence-electron chi connectivity index (χ2n) is 5.14. The van der Waals surface area contributed by atoms with Gasteiger partial charge in [0.05, 0.1) is 5.60 Å². The molecule has 2 rings (SSSR count). The average molecular weight is 288 g/mol. The first-order chi connectivity index (χ1) is 8.76. The summed E-state index contributed by atoms with van der Waals surface area (Å²) >= 11 is 0. The van der Waals surface area contributed by atoms with E-state index in [2.05, 4.69) is 5.10 Å². The topological polar surface area (TPSA) is 101 Å². The van der Waals surface area contributed by atoms with Crippen LogP contribution in [0.25, 0.3) is 0 Å². The zero-order valence-electron chi connectivity index (χ0n) is 11.2. The van der Waals surface area contributed by atoms with E-state index < -0.39 is 15.6 Å². The maximum Gasteiger partial charge on any atom is 0.248 e. The molecule has 1 aliphatic rings. The molecule has 108 valence electrons. The normalized spacial score (nSPS) is 20.6. The standard InChI is InChI=1S/C11H20N4O3S/c1-3-14-8-9(10(12)13-14)19(17,18)15-6-4-11(2,16)5-7-15/h8,16H,3-7H2,1-2H3,(H2,12,13). The monoisotopic (exact) mass is 288 g/mol. The zero-order valence-corrected chi connectivity index (χ0v) is 12.0. The molecule has 0 aromatic carbocycles. The quantitative estimate of drug-likeness (QED) is 0.816. The fourth-order valence-corrected chi connectivity index (χ4v) is 3.63. The van der Waals surface area contributed by atoms with Gasteiger partial charge in [0, 0.05) is 25.8 Å². The molecule has 0 atom stereocenters. The van der Waals surface area contributed by atoms with Crippen molar-refractivity contribution in [1.29, 1.82) is 0 Å². The van der Waals surface area contributed by atoms with Gasteiger partial charge in [-0.05, 0) is 26.7 Å². The number of piperidine rings is 1. The maximum absolute atomic E-state index is 12.5. The number of hydrogen-bond donors (Lipinski definition) is 2. The van der Waals surface area contributed by atoms with E-state index in [0.717, 1.165) is 0 Å². The number of nitrogens with zero attached hydrogens (tertiary/aromatic N) is 3. The number of nitrogens with two attached hydrogens (primary N) is 1. The Morgan fingerprint density at radius 3 is 2.53 bits per heavy atom. The number of aromatic nitrogens is 2. The second-order valence-corrected chi connectivity index (χ2v) is 7.04. The van der Waals surface area contributed by atoms with Crippen LogP contribution < -0.4 is 5.73 Å². The fraction of sp³-hybridized carbons (Fsp3) is 0.727. The van der Waals surface area contributed by atoms with Gasteiger partial charge in [-0.25, -0.2) is 8.42 Å². The molecule has 0 spiro atoms. The summed E-state index contributed by atoms with van der Waals surface area (Å²) in [6.07, 6.45) is 2.31. The average Bonchev–Trinajstić information content (AvgIpc) is 2.70. The van der Waals surface area contributed by atoms with Crippen LogP contribution >= 0.6 is 0 Å². The Bertz CT molecular complexity index is 554. The highest BCUT2D eigenvalue weighted by molar-refractivity contribution is 7.89. The van der Waals surface area contributed by atoms with Gasteiger partial charge in [-0.3, -0.25) is 4.68 Å². The van der Waals surface area contributed by atoms with Gasteiger partial charge in [0.15, 0.2) is 5.82 Å². The summed E-state index contributed by atoms with van der Waals surface area (Å²) in [4.78, 5) is 0.0518. The van der Waals surface area contributed by atoms with Gasteiger partial charge in [-0.2, -0.15) is 9.40 Å². The maximum atomic E-state index is 12.5. The van der Waals surface area contributed by atoms with Crippen molar-refractivity contribution in [2.24, 2.45) is 0 Å². The highest BCUT2D eigenvalue weighted by Crippen LogP contribution is 2.28. The van der Waals surface area contributed by atoms with Crippen molar-refractivity contribution < 1.29 is 13.5 Å². The van der Waals surface area contributed by atoms with E-state index in [1.165, 1.54) is 15.2 Å². The number of nitrogen functional groups attached to an aromatic ring is 1. The van der Waals surface area contributed by atoms with Crippen LogP contribution in [0.5, 0.6) is 0 Å². The van der Waals surface area contributed by atoms with Crippen molar-refractivity contribution in [2.75, 3.05) is 18.8 Å². The Hall–Kier alpha value is -1.12. The predicted octanol–water partition coefficient (Wildman–Crippen LogP) is 0.0207. The van der Waals surface area contributed by atoms with Crippen LogP contribution in [-0.2, 0) is 16.6 Å². The van der Waals surface area contributed by atoms with E-state index in [1.807, 2.05) is 6.92 Å². The third-order valence-corrected chi connectivity index (χ3v) is 5.41. The van der Waals surface area contributed by atoms with Crippen LogP contribution in [0.3, 0.4) is 0 Å². The molecule has 3 N–H and O–H groups in total. The summed E-state index contributed by atoms with van der Waals surface area (Å²) in [7, 11) is -3.62. The van der Waals surface area contributed by atoms with Gasteiger partial charge in [0.2, 0.25) is 10.0 Å². The van der Waals surface area contributed by atoms with E-state index in [-0.39, 0.29) is 10.7 Å². The molecular weight excluding hydrogens is 268 g/mol. The molecule has 1 fully saturated rings. The van der Waals surface area contributed by atoms with E-state index in [4.69, 9.17) is 5.73 Å². The van der Waals surface area contributed by atoms with Crippen LogP contribution in [0.1, 0.15) is 26.7 Å². The largest absolute Gasteiger partial charge is 0.390 e. The number of rotatable bonds is 3. The van der Waals surface area contributed by atoms with Gasteiger partial charge in [-0.1, -0.05) is 0 Å². The molecule has 0 unspecified atom stereocenters. The molecule has 1 aromatic rings. The lowest BCUT2D eigenvalue weighted by Gasteiger charge is -2.34. The molecule has 8 heteroatoms. The molecule has 0 amide bonds. The Morgan fingerprint density at radius 1 is 1.47 bits per heavy atom. The fourth-order valence-electron chi connectivity index (χ4n) is 2.13. The minimum atomic E-state index is -3.62. The van der Waals surface area contributed by atoms with Crippen LogP contribution in [-0.4, -0.2) is 46.3 Å². The molecular formula is C11H20N4O3S. The lowest BCUT2D eigenvalue weighted by atomic mass is 9.95. The van der Waals surface area contributed by atoms with E-state index >= 15 is 0 Å². The Morgan fingerprint density at radius 2 is 2.05 bits per heavy atom. The van der Waals surface area contributed by atoms with Crippen molar-refractivity contribution in [3.05, 3.63) is 6.20 Å². The zero-order chi connectivity index (χ0) is 14.3. The summed E-state index contributed by atoms with van der Waals surface area (Å²) in [5.74, 6) is 0.0270. The second kappa shape index (κ2) is 4.77. The minimum Gasteiger partial charge on any atom is -0.390 e. The number of anilines is 1. The minimum absolute atomic E-state index is 0.0270. The van der Waals surface area contributed by atoms with Crippen molar-refractivity contribution in [2.45, 2.75) is 43.7 Å². The van der Waals surface area contributed by atoms with Gasteiger partial charge in [0.25, 0.3) is 0 Å². The highest BCUT2D eigenvalue weighted by Gasteiger charge is 2.35. The number of aliphatic hydroxyl groups is 1. The van der Waals surface area contributed by atoms with E-state index in [1.54, 1.807) is 6.92 Å². The van der Waals surface area contributed by atoms with Crippen LogP contribution in [0, 0.1) is 0 Å². The van der Waals surface area contributed by atoms with Gasteiger partial charge in [0.1, 0.15) is 4.90 Å². The number of aryl methyl sites for hydroxylation is 1. The number of hydrogen-bond acceptors (Lipinski definition) is 5. The lowest BCUT2D eigenvalue weighted by molar-refractivity contribution is 0.0126. The first-order valence-corrected chi connectivity index (χ1v) is 7.76. The molecule has 0 bridgehead atoms. The molecule has 1 aliphatic heterocycles. The first-order valence-electron chi connectivity index (χ1n) is 6.32. The van der Waals surface area contributed by atoms with Gasteiger partial charge >= 0.3 is 0 Å². The third-order valence-electron chi connectivity index (χ3n) is 3.50. The lowest BCUT2D eigenvalue weighted by Crippen LogP contribution is -2.45. The smallest absolute Gasteiger partial charge is 0.248 e. The van der Waals surface area contributed by atoms with Crippen molar-refractivity contribution >= 4 is 15.8 Å². The van der Waals surface area contributed by atoms with Crippen LogP contribution in [0.15, 0.2) is 11.1 Å². The van der Waals surface area contributed by atoms with Crippen molar-refractivity contribution in [3.63, 3.8) is 0 Å². The Balaban J connectivity index is 2.25. The molecule has 0 aliphatic carbocycles. The van der Waals surface area contributed by atoms with Gasteiger partial charge < -0.3 is 10.8 Å². The molecule has 0 radical (unpaired) electrons. The SMILES string of the molecule is CCn1cc(S(=O)(=O)N2CCC(C)(O)CC2)c(N)n1. The van der Waals surface area contributed by atoms with E-state index in [0.29, 0.717) is 32.5 Å². The van der Waals surface area contributed by atoms with Crippen LogP contribution in [0.4, 0.5) is 5.82 Å². The molecule has 1 aromatic heterocycles. The summed E-state index contributed by atoms with van der Waals surface area (Å²) in [5, 5.41) is 13.8. The molecule has 1 saturated heterocycles. The molecule has 2 heterocycles. The van der Waals surface area contributed by atoms with E-state index in [9.17, 15) is 13.5 Å². The molecule has 0 saturated carbocycles. The third kappa shape index (κ3) is 2.75. The van der Waals surface area contributed by atoms with Gasteiger partial charge in [-0.15, -0.1) is 0 Å².